The van der Waals surface area contributed by atoms with Crippen molar-refractivity contribution in [3.63, 3.8) is 0 Å². The third-order valence-corrected chi connectivity index (χ3v) is 5.61. The van der Waals surface area contributed by atoms with Gasteiger partial charge in [0.05, 0.1) is 12.8 Å². The fourth-order valence-electron chi connectivity index (χ4n) is 2.91. The SMILES string of the molecule is CCNC(=NCC1CCN(S(C)(=O)=O)CC1)N(C)Cc1ccc[nH]1. The van der Waals surface area contributed by atoms with E-state index in [-0.39, 0.29) is 0 Å². The van der Waals surface area contributed by atoms with Crippen molar-refractivity contribution in [2.75, 3.05) is 39.5 Å². The topological polar surface area (TPSA) is 80.8 Å². The zero-order valence-corrected chi connectivity index (χ0v) is 15.6. The summed E-state index contributed by atoms with van der Waals surface area (Å²) in [7, 11) is -1.04. The van der Waals surface area contributed by atoms with Crippen molar-refractivity contribution >= 4 is 16.0 Å². The van der Waals surface area contributed by atoms with Crippen molar-refractivity contribution < 1.29 is 8.42 Å². The summed E-state index contributed by atoms with van der Waals surface area (Å²) >= 11 is 0. The molecule has 1 aliphatic heterocycles. The van der Waals surface area contributed by atoms with E-state index in [9.17, 15) is 8.42 Å². The Morgan fingerprint density at radius 2 is 2.17 bits per heavy atom. The molecular weight excluding hydrogens is 326 g/mol. The lowest BCUT2D eigenvalue weighted by Gasteiger charge is -2.30. The number of nitrogens with zero attached hydrogens (tertiary/aromatic N) is 3. The number of nitrogens with one attached hydrogen (secondary N) is 2. The molecule has 1 fully saturated rings. The molecule has 0 atom stereocenters. The molecule has 136 valence electrons. The van der Waals surface area contributed by atoms with Crippen LogP contribution in [0.5, 0.6) is 0 Å². The van der Waals surface area contributed by atoms with Crippen molar-refractivity contribution in [2.24, 2.45) is 10.9 Å². The molecule has 1 saturated heterocycles. The van der Waals surface area contributed by atoms with Gasteiger partial charge < -0.3 is 15.2 Å². The summed E-state index contributed by atoms with van der Waals surface area (Å²) in [5, 5.41) is 3.32. The van der Waals surface area contributed by atoms with Crippen LogP contribution in [0.4, 0.5) is 0 Å². The van der Waals surface area contributed by atoms with Gasteiger partial charge >= 0.3 is 0 Å². The molecule has 24 heavy (non-hydrogen) atoms. The molecule has 0 bridgehead atoms. The highest BCUT2D eigenvalue weighted by Crippen LogP contribution is 2.19. The Hall–Kier alpha value is -1.54. The van der Waals surface area contributed by atoms with Crippen LogP contribution in [0, 0.1) is 5.92 Å². The maximum absolute atomic E-state index is 11.6. The zero-order valence-electron chi connectivity index (χ0n) is 14.8. The van der Waals surface area contributed by atoms with Crippen LogP contribution in [0.2, 0.25) is 0 Å². The van der Waals surface area contributed by atoms with E-state index >= 15 is 0 Å². The zero-order chi connectivity index (χ0) is 17.6. The number of guanidine groups is 1. The van der Waals surface area contributed by atoms with E-state index in [1.54, 1.807) is 4.31 Å². The number of sulfonamides is 1. The molecule has 1 aromatic rings. The molecule has 8 heteroatoms. The minimum absolute atomic E-state index is 0.440. The third-order valence-electron chi connectivity index (χ3n) is 4.31. The summed E-state index contributed by atoms with van der Waals surface area (Å²) in [6.07, 6.45) is 4.94. The minimum atomic E-state index is -3.06. The van der Waals surface area contributed by atoms with Crippen LogP contribution in [0.25, 0.3) is 0 Å². The maximum atomic E-state index is 11.6. The van der Waals surface area contributed by atoms with Gasteiger partial charge in [0.25, 0.3) is 0 Å². The van der Waals surface area contributed by atoms with E-state index in [1.165, 1.54) is 6.26 Å². The van der Waals surface area contributed by atoms with Crippen LogP contribution in [0.15, 0.2) is 23.3 Å². The number of hydrogen-bond donors (Lipinski definition) is 2. The van der Waals surface area contributed by atoms with Gasteiger partial charge in [0.1, 0.15) is 0 Å². The molecule has 1 aliphatic rings. The Morgan fingerprint density at radius 1 is 1.46 bits per heavy atom. The molecule has 2 N–H and O–H groups in total. The van der Waals surface area contributed by atoms with Crippen molar-refractivity contribution in [3.05, 3.63) is 24.0 Å². The lowest BCUT2D eigenvalue weighted by molar-refractivity contribution is 0.279. The lowest BCUT2D eigenvalue weighted by Crippen LogP contribution is -2.40. The third kappa shape index (κ3) is 5.52. The van der Waals surface area contributed by atoms with Gasteiger partial charge in [-0.05, 0) is 37.8 Å². The van der Waals surface area contributed by atoms with Crippen LogP contribution < -0.4 is 5.32 Å². The molecule has 0 saturated carbocycles. The average Bonchev–Trinajstić information content (AvgIpc) is 3.03. The van der Waals surface area contributed by atoms with E-state index in [0.29, 0.717) is 19.0 Å². The first-order valence-electron chi connectivity index (χ1n) is 8.47. The Labute approximate surface area is 145 Å². The van der Waals surface area contributed by atoms with Crippen LogP contribution in [0.1, 0.15) is 25.5 Å². The number of rotatable bonds is 6. The van der Waals surface area contributed by atoms with Gasteiger partial charge in [0, 0.05) is 45.1 Å². The molecule has 1 aromatic heterocycles. The number of piperidine rings is 1. The van der Waals surface area contributed by atoms with E-state index in [0.717, 1.165) is 44.1 Å². The van der Waals surface area contributed by atoms with E-state index in [4.69, 9.17) is 4.99 Å². The van der Waals surface area contributed by atoms with Gasteiger partial charge in [-0.15, -0.1) is 0 Å². The van der Waals surface area contributed by atoms with Crippen LogP contribution in [0.3, 0.4) is 0 Å². The maximum Gasteiger partial charge on any atom is 0.211 e. The number of aliphatic imine (C=N–C) groups is 1. The predicted molar refractivity (Wildman–Crippen MR) is 97.4 cm³/mol. The first-order chi connectivity index (χ1) is 11.4. The summed E-state index contributed by atoms with van der Waals surface area (Å²) < 4.78 is 24.7. The van der Waals surface area contributed by atoms with E-state index in [2.05, 4.69) is 28.2 Å². The van der Waals surface area contributed by atoms with Gasteiger partial charge in [-0.1, -0.05) is 0 Å². The Morgan fingerprint density at radius 3 is 2.71 bits per heavy atom. The molecule has 2 rings (SSSR count). The van der Waals surface area contributed by atoms with Crippen molar-refractivity contribution in [2.45, 2.75) is 26.3 Å². The highest BCUT2D eigenvalue weighted by molar-refractivity contribution is 7.88. The second-order valence-electron chi connectivity index (χ2n) is 6.35. The Bertz CT molecular complexity index is 619. The first kappa shape index (κ1) is 18.8. The monoisotopic (exact) mass is 355 g/mol. The average molecular weight is 356 g/mol. The summed E-state index contributed by atoms with van der Waals surface area (Å²) in [6.45, 7) is 5.59. The van der Waals surface area contributed by atoms with Gasteiger partial charge in [0.15, 0.2) is 5.96 Å². The van der Waals surface area contributed by atoms with E-state index < -0.39 is 10.0 Å². The molecule has 2 heterocycles. The van der Waals surface area contributed by atoms with Gasteiger partial charge in [-0.25, -0.2) is 12.7 Å². The van der Waals surface area contributed by atoms with Gasteiger partial charge in [0.2, 0.25) is 10.0 Å². The summed E-state index contributed by atoms with van der Waals surface area (Å²) in [4.78, 5) is 10.1. The smallest absolute Gasteiger partial charge is 0.211 e. The second-order valence-corrected chi connectivity index (χ2v) is 8.33. The molecule has 0 radical (unpaired) electrons. The van der Waals surface area contributed by atoms with Crippen LogP contribution in [-0.4, -0.2) is 68.0 Å². The number of aromatic nitrogens is 1. The molecular formula is C16H29N5O2S. The quantitative estimate of drug-likeness (QED) is 0.591. The largest absolute Gasteiger partial charge is 0.364 e. The summed E-state index contributed by atoms with van der Waals surface area (Å²) in [6, 6.07) is 4.05. The summed E-state index contributed by atoms with van der Waals surface area (Å²) in [5.41, 5.74) is 1.14. The predicted octanol–water partition coefficient (Wildman–Crippen LogP) is 1.08. The highest BCUT2D eigenvalue weighted by Gasteiger charge is 2.24. The van der Waals surface area contributed by atoms with Crippen LogP contribution >= 0.6 is 0 Å². The minimum Gasteiger partial charge on any atom is -0.364 e. The number of H-pyrrole nitrogens is 1. The number of aromatic amines is 1. The molecule has 0 spiro atoms. The molecule has 0 unspecified atom stereocenters. The standard InChI is InChI=1S/C16H29N5O2S/c1-4-17-16(20(2)13-15-6-5-9-18-15)19-12-14-7-10-21(11-8-14)24(3,22)23/h5-6,9,14,18H,4,7-8,10-13H2,1-3H3,(H,17,19). The highest BCUT2D eigenvalue weighted by atomic mass is 32.2. The molecule has 0 aliphatic carbocycles. The molecule has 0 aromatic carbocycles. The van der Waals surface area contributed by atoms with Crippen LogP contribution in [-0.2, 0) is 16.6 Å². The Balaban J connectivity index is 1.89. The summed E-state index contributed by atoms with van der Waals surface area (Å²) in [5.74, 6) is 1.33. The fourth-order valence-corrected chi connectivity index (χ4v) is 3.78. The molecule has 7 nitrogen and oxygen atoms in total. The van der Waals surface area contributed by atoms with Crippen molar-refractivity contribution in [1.29, 1.82) is 0 Å². The lowest BCUT2D eigenvalue weighted by atomic mass is 9.98. The van der Waals surface area contributed by atoms with Gasteiger partial charge in [-0.3, -0.25) is 4.99 Å². The normalized spacial score (nSPS) is 17.9. The fraction of sp³-hybridized carbons (Fsp3) is 0.688. The molecule has 0 amide bonds. The first-order valence-corrected chi connectivity index (χ1v) is 10.3. The van der Waals surface area contributed by atoms with E-state index in [1.807, 2.05) is 19.3 Å². The van der Waals surface area contributed by atoms with Crippen molar-refractivity contribution in [3.8, 4) is 0 Å². The Kier molecular flexibility index (Phi) is 6.68. The van der Waals surface area contributed by atoms with Crippen molar-refractivity contribution in [1.82, 2.24) is 19.5 Å². The second kappa shape index (κ2) is 8.53. The van der Waals surface area contributed by atoms with Gasteiger partial charge in [-0.2, -0.15) is 0 Å². The number of hydrogen-bond acceptors (Lipinski definition) is 3.